The molecule has 116 valence electrons. The van der Waals surface area contributed by atoms with E-state index in [9.17, 15) is 13.6 Å². The Labute approximate surface area is 126 Å². The van der Waals surface area contributed by atoms with Crippen molar-refractivity contribution in [1.82, 2.24) is 0 Å². The normalized spacial score (nSPS) is 10.2. The molecule has 0 radical (unpaired) electrons. The van der Waals surface area contributed by atoms with Crippen LogP contribution in [-0.2, 0) is 4.79 Å². The summed E-state index contributed by atoms with van der Waals surface area (Å²) in [5.74, 6) is -1.21. The average molecular weight is 307 g/mol. The van der Waals surface area contributed by atoms with Crippen LogP contribution in [0.25, 0.3) is 0 Å². The molecule has 0 fully saturated rings. The lowest BCUT2D eigenvalue weighted by Gasteiger charge is -2.11. The molecule has 0 saturated heterocycles. The standard InChI is InChI=1S/C16H15F2NO3/c1-10-3-6-14(15(7-10)21-2)22-9-16(20)19-13-5-4-11(17)8-12(13)18/h3-8H,9H2,1-2H3,(H,19,20). The number of anilines is 1. The van der Waals surface area contributed by atoms with Gasteiger partial charge in [-0.15, -0.1) is 0 Å². The molecule has 1 N–H and O–H groups in total. The van der Waals surface area contributed by atoms with Crippen LogP contribution in [0.2, 0.25) is 0 Å². The summed E-state index contributed by atoms with van der Waals surface area (Å²) in [6.45, 7) is 1.58. The molecule has 1 amide bonds. The molecule has 0 bridgehead atoms. The van der Waals surface area contributed by atoms with Crippen LogP contribution in [0.3, 0.4) is 0 Å². The Morgan fingerprint density at radius 2 is 1.91 bits per heavy atom. The number of nitrogens with one attached hydrogen (secondary N) is 1. The van der Waals surface area contributed by atoms with Crippen molar-refractivity contribution in [1.29, 1.82) is 0 Å². The van der Waals surface area contributed by atoms with E-state index in [1.165, 1.54) is 7.11 Å². The molecule has 4 nitrogen and oxygen atoms in total. The van der Waals surface area contributed by atoms with Crippen molar-refractivity contribution in [3.63, 3.8) is 0 Å². The number of halogens is 2. The molecule has 2 aromatic carbocycles. The van der Waals surface area contributed by atoms with Crippen LogP contribution in [0, 0.1) is 18.6 Å². The Morgan fingerprint density at radius 3 is 2.59 bits per heavy atom. The van der Waals surface area contributed by atoms with Gasteiger partial charge in [0.1, 0.15) is 11.6 Å². The van der Waals surface area contributed by atoms with E-state index in [4.69, 9.17) is 9.47 Å². The maximum Gasteiger partial charge on any atom is 0.262 e. The zero-order valence-electron chi connectivity index (χ0n) is 12.2. The first-order valence-electron chi connectivity index (χ1n) is 6.52. The molecule has 0 spiro atoms. The fourth-order valence-electron chi connectivity index (χ4n) is 1.81. The second-order valence-electron chi connectivity index (χ2n) is 4.62. The van der Waals surface area contributed by atoms with Crippen molar-refractivity contribution in [3.8, 4) is 11.5 Å². The van der Waals surface area contributed by atoms with Gasteiger partial charge in [0.2, 0.25) is 0 Å². The maximum atomic E-state index is 13.4. The van der Waals surface area contributed by atoms with Crippen molar-refractivity contribution in [3.05, 3.63) is 53.6 Å². The molecule has 22 heavy (non-hydrogen) atoms. The fourth-order valence-corrected chi connectivity index (χ4v) is 1.81. The third-order valence-electron chi connectivity index (χ3n) is 2.88. The minimum atomic E-state index is -0.846. The minimum absolute atomic E-state index is 0.106. The Morgan fingerprint density at radius 1 is 1.14 bits per heavy atom. The lowest BCUT2D eigenvalue weighted by atomic mass is 10.2. The molecular weight excluding hydrogens is 292 g/mol. The highest BCUT2D eigenvalue weighted by Crippen LogP contribution is 2.27. The Bertz CT molecular complexity index is 689. The van der Waals surface area contributed by atoms with Crippen LogP contribution in [0.1, 0.15) is 5.56 Å². The quantitative estimate of drug-likeness (QED) is 0.922. The predicted molar refractivity (Wildman–Crippen MR) is 78.2 cm³/mol. The van der Waals surface area contributed by atoms with Crippen molar-refractivity contribution >= 4 is 11.6 Å². The van der Waals surface area contributed by atoms with Gasteiger partial charge in [0.15, 0.2) is 18.1 Å². The van der Waals surface area contributed by atoms with Gasteiger partial charge in [-0.1, -0.05) is 6.07 Å². The number of aryl methyl sites for hydroxylation is 1. The van der Waals surface area contributed by atoms with Crippen molar-refractivity contribution in [2.75, 3.05) is 19.0 Å². The summed E-state index contributed by atoms with van der Waals surface area (Å²) in [6, 6.07) is 8.17. The number of amides is 1. The zero-order chi connectivity index (χ0) is 16.1. The van der Waals surface area contributed by atoms with Gasteiger partial charge in [-0.3, -0.25) is 4.79 Å². The Balaban J connectivity index is 1.98. The van der Waals surface area contributed by atoms with Crippen LogP contribution >= 0.6 is 0 Å². The monoisotopic (exact) mass is 307 g/mol. The van der Waals surface area contributed by atoms with E-state index in [1.807, 2.05) is 13.0 Å². The van der Waals surface area contributed by atoms with Crippen LogP contribution in [-0.4, -0.2) is 19.6 Å². The molecule has 0 aliphatic heterocycles. The second kappa shape index (κ2) is 6.89. The zero-order valence-corrected chi connectivity index (χ0v) is 12.2. The third kappa shape index (κ3) is 3.94. The average Bonchev–Trinajstić information content (AvgIpc) is 2.48. The van der Waals surface area contributed by atoms with Gasteiger partial charge < -0.3 is 14.8 Å². The smallest absolute Gasteiger partial charge is 0.262 e. The van der Waals surface area contributed by atoms with E-state index >= 15 is 0 Å². The molecule has 0 unspecified atom stereocenters. The summed E-state index contributed by atoms with van der Waals surface area (Å²) in [6.07, 6.45) is 0. The van der Waals surface area contributed by atoms with E-state index in [1.54, 1.807) is 12.1 Å². The first-order chi connectivity index (χ1) is 10.5. The number of hydrogen-bond acceptors (Lipinski definition) is 3. The van der Waals surface area contributed by atoms with Gasteiger partial charge in [-0.05, 0) is 36.8 Å². The number of carbonyl (C=O) groups excluding carboxylic acids is 1. The van der Waals surface area contributed by atoms with E-state index in [0.717, 1.165) is 17.7 Å². The molecule has 0 aromatic heterocycles. The van der Waals surface area contributed by atoms with E-state index in [-0.39, 0.29) is 12.3 Å². The summed E-state index contributed by atoms with van der Waals surface area (Å²) in [5, 5.41) is 2.31. The first-order valence-corrected chi connectivity index (χ1v) is 6.52. The summed E-state index contributed by atoms with van der Waals surface area (Å²) < 4.78 is 36.7. The third-order valence-corrected chi connectivity index (χ3v) is 2.88. The summed E-state index contributed by atoms with van der Waals surface area (Å²) in [4.78, 5) is 11.8. The molecule has 0 atom stereocenters. The highest BCUT2D eigenvalue weighted by atomic mass is 19.1. The van der Waals surface area contributed by atoms with E-state index in [2.05, 4.69) is 5.32 Å². The van der Waals surface area contributed by atoms with E-state index < -0.39 is 17.5 Å². The largest absolute Gasteiger partial charge is 0.493 e. The van der Waals surface area contributed by atoms with Crippen LogP contribution in [0.4, 0.5) is 14.5 Å². The number of carbonyl (C=O) groups is 1. The topological polar surface area (TPSA) is 47.6 Å². The number of methoxy groups -OCH3 is 1. The number of ether oxygens (including phenoxy) is 2. The van der Waals surface area contributed by atoms with Gasteiger partial charge in [0.25, 0.3) is 5.91 Å². The fraction of sp³-hybridized carbons (Fsp3) is 0.188. The van der Waals surface area contributed by atoms with Gasteiger partial charge in [0.05, 0.1) is 12.8 Å². The lowest BCUT2D eigenvalue weighted by Crippen LogP contribution is -2.21. The molecule has 0 saturated carbocycles. The highest BCUT2D eigenvalue weighted by Gasteiger charge is 2.10. The Kier molecular flexibility index (Phi) is 4.93. The molecule has 0 heterocycles. The molecule has 2 aromatic rings. The summed E-state index contributed by atoms with van der Waals surface area (Å²) in [5.41, 5.74) is 0.882. The predicted octanol–water partition coefficient (Wildman–Crippen LogP) is 3.30. The first kappa shape index (κ1) is 15.8. The highest BCUT2D eigenvalue weighted by molar-refractivity contribution is 5.92. The van der Waals surface area contributed by atoms with Crippen molar-refractivity contribution in [2.24, 2.45) is 0 Å². The van der Waals surface area contributed by atoms with Crippen molar-refractivity contribution in [2.45, 2.75) is 6.92 Å². The van der Waals surface area contributed by atoms with Gasteiger partial charge in [0, 0.05) is 6.07 Å². The van der Waals surface area contributed by atoms with Gasteiger partial charge >= 0.3 is 0 Å². The van der Waals surface area contributed by atoms with Crippen LogP contribution < -0.4 is 14.8 Å². The molecule has 6 heteroatoms. The SMILES string of the molecule is COc1cc(C)ccc1OCC(=O)Nc1ccc(F)cc1F. The number of hydrogen-bond donors (Lipinski definition) is 1. The second-order valence-corrected chi connectivity index (χ2v) is 4.62. The minimum Gasteiger partial charge on any atom is -0.493 e. The number of benzene rings is 2. The Hall–Kier alpha value is -2.63. The number of rotatable bonds is 5. The summed E-state index contributed by atoms with van der Waals surface area (Å²) >= 11 is 0. The van der Waals surface area contributed by atoms with Gasteiger partial charge in [-0.2, -0.15) is 0 Å². The van der Waals surface area contributed by atoms with Gasteiger partial charge in [-0.25, -0.2) is 8.78 Å². The van der Waals surface area contributed by atoms with Crippen LogP contribution in [0.5, 0.6) is 11.5 Å². The van der Waals surface area contributed by atoms with Crippen molar-refractivity contribution < 1.29 is 23.0 Å². The van der Waals surface area contributed by atoms with E-state index in [0.29, 0.717) is 17.6 Å². The lowest BCUT2D eigenvalue weighted by molar-refractivity contribution is -0.118. The maximum absolute atomic E-state index is 13.4. The molecule has 0 aliphatic carbocycles. The molecule has 0 aliphatic rings. The summed E-state index contributed by atoms with van der Waals surface area (Å²) in [7, 11) is 1.50. The molecular formula is C16H15F2NO3. The van der Waals surface area contributed by atoms with Crippen LogP contribution in [0.15, 0.2) is 36.4 Å². The molecule has 2 rings (SSSR count).